The first-order valence-corrected chi connectivity index (χ1v) is 7.09. The van der Waals surface area contributed by atoms with E-state index in [0.717, 1.165) is 31.4 Å². The van der Waals surface area contributed by atoms with Crippen molar-refractivity contribution in [3.8, 4) is 0 Å². The molecular weight excluding hydrogens is 236 g/mol. The maximum Gasteiger partial charge on any atom is 0.159 e. The van der Waals surface area contributed by atoms with E-state index in [9.17, 15) is 0 Å². The highest BCUT2D eigenvalue weighted by atomic mass is 16.7. The Morgan fingerprint density at radius 2 is 1.84 bits per heavy atom. The Labute approximate surface area is 114 Å². The Kier molecular flexibility index (Phi) is 3.81. The van der Waals surface area contributed by atoms with Crippen LogP contribution in [0.2, 0.25) is 0 Å². The number of hydrogen-bond acceptors (Lipinski definition) is 2. The normalized spacial score (nSPS) is 25.4. The molecule has 0 bridgehead atoms. The monoisotopic (exact) mass is 256 g/mol. The molecule has 0 radical (unpaired) electrons. The molecule has 1 aliphatic heterocycles. The van der Waals surface area contributed by atoms with Gasteiger partial charge in [0, 0.05) is 6.61 Å². The smallest absolute Gasteiger partial charge is 0.159 e. The van der Waals surface area contributed by atoms with Crippen LogP contribution in [-0.2, 0) is 15.1 Å². The minimum Gasteiger partial charge on any atom is -0.353 e. The zero-order valence-electron chi connectivity index (χ0n) is 11.1. The summed E-state index contributed by atoms with van der Waals surface area (Å²) in [7, 11) is 0. The molecule has 1 aliphatic carbocycles. The van der Waals surface area contributed by atoms with Crippen LogP contribution < -0.4 is 0 Å². The van der Waals surface area contributed by atoms with Gasteiger partial charge in [-0.15, -0.1) is 0 Å². The molecule has 0 spiro atoms. The lowest BCUT2D eigenvalue weighted by Gasteiger charge is -2.35. The summed E-state index contributed by atoms with van der Waals surface area (Å²) < 4.78 is 12.0. The van der Waals surface area contributed by atoms with Crippen LogP contribution in [0.3, 0.4) is 0 Å². The van der Waals surface area contributed by atoms with E-state index in [4.69, 9.17) is 9.47 Å². The predicted octanol–water partition coefficient (Wildman–Crippen LogP) is 3.94. The molecule has 2 nitrogen and oxygen atoms in total. The van der Waals surface area contributed by atoms with Crippen molar-refractivity contribution in [3.63, 3.8) is 0 Å². The fourth-order valence-electron chi connectivity index (χ4n) is 2.68. The minimum absolute atomic E-state index is 0.0960. The van der Waals surface area contributed by atoms with E-state index in [1.165, 1.54) is 6.42 Å². The molecule has 100 valence electrons. The van der Waals surface area contributed by atoms with Crippen LogP contribution >= 0.6 is 0 Å². The zero-order chi connectivity index (χ0) is 13.0. The van der Waals surface area contributed by atoms with Crippen molar-refractivity contribution in [2.45, 2.75) is 37.6 Å². The molecule has 0 amide bonds. The van der Waals surface area contributed by atoms with Crippen molar-refractivity contribution in [2.24, 2.45) is 0 Å². The van der Waals surface area contributed by atoms with Crippen molar-refractivity contribution < 1.29 is 9.47 Å². The van der Waals surface area contributed by atoms with E-state index >= 15 is 0 Å². The molecule has 0 aromatic heterocycles. The molecule has 1 heterocycles. The second-order valence-corrected chi connectivity index (χ2v) is 5.11. The maximum atomic E-state index is 6.31. The van der Waals surface area contributed by atoms with Gasteiger partial charge in [0.05, 0.1) is 0 Å². The quantitative estimate of drug-likeness (QED) is 0.763. The van der Waals surface area contributed by atoms with Crippen LogP contribution in [-0.4, -0.2) is 12.9 Å². The molecule has 2 aliphatic rings. The lowest BCUT2D eigenvalue weighted by atomic mass is 9.89. The van der Waals surface area contributed by atoms with Gasteiger partial charge in [0.2, 0.25) is 0 Å². The average Bonchev–Trinajstić information content (AvgIpc) is 2.50. The fourth-order valence-corrected chi connectivity index (χ4v) is 2.68. The molecule has 0 saturated carbocycles. The highest BCUT2D eigenvalue weighted by Gasteiger charge is 2.32. The van der Waals surface area contributed by atoms with Gasteiger partial charge < -0.3 is 9.47 Å². The van der Waals surface area contributed by atoms with Gasteiger partial charge in [-0.25, -0.2) is 0 Å². The third-order valence-corrected chi connectivity index (χ3v) is 3.69. The van der Waals surface area contributed by atoms with Crippen LogP contribution in [0.15, 0.2) is 54.6 Å². The minimum atomic E-state index is -0.457. The number of allylic oxidation sites excluding steroid dienone is 2. The molecule has 2 heteroatoms. The van der Waals surface area contributed by atoms with Crippen LogP contribution in [0.4, 0.5) is 0 Å². The summed E-state index contributed by atoms with van der Waals surface area (Å²) in [6.45, 7) is 0.808. The molecule has 1 unspecified atom stereocenters. The molecule has 19 heavy (non-hydrogen) atoms. The molecule has 1 saturated heterocycles. The first kappa shape index (κ1) is 12.6. The Morgan fingerprint density at radius 1 is 1.05 bits per heavy atom. The van der Waals surface area contributed by atoms with E-state index in [0.29, 0.717) is 0 Å². The van der Waals surface area contributed by atoms with E-state index in [-0.39, 0.29) is 6.29 Å². The van der Waals surface area contributed by atoms with E-state index in [2.05, 4.69) is 48.6 Å². The summed E-state index contributed by atoms with van der Waals surface area (Å²) in [5.74, 6) is 0. The number of benzene rings is 1. The summed E-state index contributed by atoms with van der Waals surface area (Å²) in [4.78, 5) is 0. The maximum absolute atomic E-state index is 6.31. The highest BCUT2D eigenvalue weighted by Crippen LogP contribution is 2.35. The van der Waals surface area contributed by atoms with Crippen molar-refractivity contribution in [3.05, 3.63) is 60.2 Å². The zero-order valence-corrected chi connectivity index (χ0v) is 11.1. The number of rotatable bonds is 3. The molecule has 1 fully saturated rings. The number of hydrogen-bond donors (Lipinski definition) is 0. The van der Waals surface area contributed by atoms with Gasteiger partial charge in [-0.1, -0.05) is 42.5 Å². The van der Waals surface area contributed by atoms with Gasteiger partial charge in [0.15, 0.2) is 6.29 Å². The number of ether oxygens (including phenoxy) is 2. The Hall–Kier alpha value is -1.38. The second kappa shape index (κ2) is 5.72. The molecule has 1 aromatic carbocycles. The van der Waals surface area contributed by atoms with Crippen molar-refractivity contribution in [2.75, 3.05) is 6.61 Å². The summed E-state index contributed by atoms with van der Waals surface area (Å²) in [5, 5.41) is 0. The van der Waals surface area contributed by atoms with Gasteiger partial charge in [0.25, 0.3) is 0 Å². The first-order valence-electron chi connectivity index (χ1n) is 7.09. The molecular formula is C17H20O2. The Bertz CT molecular complexity index is 443. The first-order chi connectivity index (χ1) is 9.39. The predicted molar refractivity (Wildman–Crippen MR) is 75.7 cm³/mol. The topological polar surface area (TPSA) is 18.5 Å². The third kappa shape index (κ3) is 2.80. The van der Waals surface area contributed by atoms with Gasteiger partial charge in [-0.2, -0.15) is 0 Å². The van der Waals surface area contributed by atoms with Crippen molar-refractivity contribution in [1.82, 2.24) is 0 Å². The summed E-state index contributed by atoms with van der Waals surface area (Å²) in [5.41, 5.74) is 0.706. The summed E-state index contributed by atoms with van der Waals surface area (Å²) in [6.07, 6.45) is 12.8. The van der Waals surface area contributed by atoms with Crippen molar-refractivity contribution in [1.29, 1.82) is 0 Å². The SMILES string of the molecule is C1=CC(OC2CCCCO2)(c2ccccc2)C=CC1. The van der Waals surface area contributed by atoms with Crippen LogP contribution in [0.1, 0.15) is 31.2 Å². The molecule has 3 rings (SSSR count). The van der Waals surface area contributed by atoms with Gasteiger partial charge in [0.1, 0.15) is 5.60 Å². The highest BCUT2D eigenvalue weighted by molar-refractivity contribution is 5.35. The third-order valence-electron chi connectivity index (χ3n) is 3.69. The van der Waals surface area contributed by atoms with Crippen LogP contribution in [0.5, 0.6) is 0 Å². The molecule has 0 N–H and O–H groups in total. The molecule has 1 aromatic rings. The van der Waals surface area contributed by atoms with Crippen molar-refractivity contribution >= 4 is 0 Å². The van der Waals surface area contributed by atoms with Gasteiger partial charge in [-0.3, -0.25) is 0 Å². The van der Waals surface area contributed by atoms with E-state index in [1.54, 1.807) is 0 Å². The van der Waals surface area contributed by atoms with Gasteiger partial charge >= 0.3 is 0 Å². The van der Waals surface area contributed by atoms with Crippen LogP contribution in [0, 0.1) is 0 Å². The second-order valence-electron chi connectivity index (χ2n) is 5.11. The lowest BCUT2D eigenvalue weighted by Crippen LogP contribution is -2.34. The summed E-state index contributed by atoms with van der Waals surface area (Å²) in [6, 6.07) is 10.4. The van der Waals surface area contributed by atoms with Crippen LogP contribution in [0.25, 0.3) is 0 Å². The van der Waals surface area contributed by atoms with E-state index < -0.39 is 5.60 Å². The average molecular weight is 256 g/mol. The summed E-state index contributed by atoms with van der Waals surface area (Å²) >= 11 is 0. The van der Waals surface area contributed by atoms with E-state index in [1.807, 2.05) is 6.07 Å². The Balaban J connectivity index is 1.86. The largest absolute Gasteiger partial charge is 0.353 e. The fraction of sp³-hybridized carbons (Fsp3) is 0.412. The Morgan fingerprint density at radius 3 is 2.53 bits per heavy atom. The standard InChI is InChI=1S/C17H20O2/c1-3-9-15(10-4-1)17(12-6-2-7-13-17)19-16-11-5-8-14-18-16/h1,3-4,6-7,9-10,12-13,16H,2,5,8,11,14H2. The van der Waals surface area contributed by atoms with Gasteiger partial charge in [-0.05, 0) is 43.4 Å². The molecule has 1 atom stereocenters. The lowest BCUT2D eigenvalue weighted by molar-refractivity contribution is -0.202.